The third-order valence-electron chi connectivity index (χ3n) is 2.38. The van der Waals surface area contributed by atoms with Crippen LogP contribution in [0.4, 0.5) is 8.78 Å². The second-order valence-electron chi connectivity index (χ2n) is 3.85. The Bertz CT molecular complexity index is 693. The molecule has 9 heteroatoms. The van der Waals surface area contributed by atoms with E-state index < -0.39 is 12.6 Å². The summed E-state index contributed by atoms with van der Waals surface area (Å²) in [5, 5.41) is 5.27. The molecule has 22 heavy (non-hydrogen) atoms. The number of rotatable bonds is 5. The first-order valence-electron chi connectivity index (χ1n) is 5.80. The van der Waals surface area contributed by atoms with Gasteiger partial charge >= 0.3 is 12.6 Å². The molecule has 0 aliphatic heterocycles. The van der Waals surface area contributed by atoms with E-state index in [0.717, 1.165) is 0 Å². The van der Waals surface area contributed by atoms with Crippen LogP contribution in [-0.4, -0.2) is 18.4 Å². The minimum atomic E-state index is -3.06. The summed E-state index contributed by atoms with van der Waals surface area (Å²) in [6.07, 6.45) is 0. The quantitative estimate of drug-likeness (QED) is 0.366. The number of carbonyl (C=O) groups is 1. The van der Waals surface area contributed by atoms with Gasteiger partial charge in [-0.3, -0.25) is 0 Å². The molecule has 0 spiro atoms. The van der Waals surface area contributed by atoms with Gasteiger partial charge in [-0.1, -0.05) is 27.2 Å². The number of amidine groups is 1. The average molecular weight is 391 g/mol. The first-order chi connectivity index (χ1) is 10.5. The van der Waals surface area contributed by atoms with Gasteiger partial charge in [0.15, 0.2) is 5.84 Å². The smallest absolute Gasteiger partial charge is 0.387 e. The Labute approximate surface area is 136 Å². The van der Waals surface area contributed by atoms with Crippen LogP contribution in [0.1, 0.15) is 15.2 Å². The van der Waals surface area contributed by atoms with Crippen LogP contribution in [0.15, 0.2) is 45.3 Å². The molecule has 0 fully saturated rings. The van der Waals surface area contributed by atoms with E-state index >= 15 is 0 Å². The van der Waals surface area contributed by atoms with Gasteiger partial charge in [0.25, 0.3) is 0 Å². The minimum absolute atomic E-state index is 0.00896. The average Bonchev–Trinajstić information content (AvgIpc) is 3.00. The van der Waals surface area contributed by atoms with Crippen LogP contribution in [0.5, 0.6) is 5.75 Å². The van der Waals surface area contributed by atoms with Gasteiger partial charge in [0, 0.05) is 4.47 Å². The van der Waals surface area contributed by atoms with Crippen LogP contribution in [-0.2, 0) is 4.84 Å². The monoisotopic (exact) mass is 390 g/mol. The number of nitrogens with zero attached hydrogens (tertiary/aromatic N) is 1. The van der Waals surface area contributed by atoms with Crippen molar-refractivity contribution in [1.29, 1.82) is 0 Å². The molecule has 0 aliphatic carbocycles. The largest absolute Gasteiger partial charge is 0.434 e. The molecule has 0 amide bonds. The zero-order chi connectivity index (χ0) is 16.1. The predicted octanol–water partition coefficient (Wildman–Crippen LogP) is 3.59. The molecule has 1 aromatic heterocycles. The number of alkyl halides is 2. The van der Waals surface area contributed by atoms with Gasteiger partial charge in [-0.05, 0) is 29.6 Å². The van der Waals surface area contributed by atoms with Crippen molar-refractivity contribution in [2.24, 2.45) is 10.9 Å². The van der Waals surface area contributed by atoms with Gasteiger partial charge in [0.1, 0.15) is 11.3 Å². The van der Waals surface area contributed by atoms with Crippen molar-refractivity contribution in [1.82, 2.24) is 0 Å². The molecule has 1 heterocycles. The fourth-order valence-electron chi connectivity index (χ4n) is 1.47. The summed E-state index contributed by atoms with van der Waals surface area (Å²) >= 11 is 4.45. The van der Waals surface area contributed by atoms with Crippen LogP contribution in [0.25, 0.3) is 0 Å². The highest BCUT2D eigenvalue weighted by molar-refractivity contribution is 9.10. The lowest BCUT2D eigenvalue weighted by Crippen LogP contribution is -2.14. The van der Waals surface area contributed by atoms with Crippen molar-refractivity contribution >= 4 is 39.1 Å². The van der Waals surface area contributed by atoms with Crippen molar-refractivity contribution in [2.45, 2.75) is 6.61 Å². The van der Waals surface area contributed by atoms with Crippen molar-refractivity contribution in [3.8, 4) is 5.75 Å². The summed E-state index contributed by atoms with van der Waals surface area (Å²) in [5.74, 6) is -1.26. The fraction of sp³-hybridized carbons (Fsp3) is 0.0769. The lowest BCUT2D eigenvalue weighted by Gasteiger charge is -2.09. The number of halogens is 3. The Balaban J connectivity index is 2.18. The van der Waals surface area contributed by atoms with Gasteiger partial charge in [0.2, 0.25) is 0 Å². The van der Waals surface area contributed by atoms with E-state index in [4.69, 9.17) is 5.73 Å². The Morgan fingerprint density at radius 1 is 1.36 bits per heavy atom. The number of hydrogen-bond acceptors (Lipinski definition) is 5. The lowest BCUT2D eigenvalue weighted by atomic mass is 10.2. The summed E-state index contributed by atoms with van der Waals surface area (Å²) in [4.78, 5) is 17.2. The SMILES string of the molecule is N/C(=N\OC(=O)c1cc(Br)ccc1OC(F)F)c1cccs1. The van der Waals surface area contributed by atoms with Gasteiger partial charge in [0.05, 0.1) is 4.88 Å². The second-order valence-corrected chi connectivity index (χ2v) is 5.71. The van der Waals surface area contributed by atoms with Crippen molar-refractivity contribution in [3.05, 3.63) is 50.6 Å². The molecule has 0 bridgehead atoms. The van der Waals surface area contributed by atoms with E-state index in [1.165, 1.54) is 29.5 Å². The van der Waals surface area contributed by atoms with Crippen LogP contribution >= 0.6 is 27.3 Å². The van der Waals surface area contributed by atoms with Crippen molar-refractivity contribution in [2.75, 3.05) is 0 Å². The number of ether oxygens (including phenoxy) is 1. The van der Waals surface area contributed by atoms with Crippen molar-refractivity contribution < 1.29 is 23.1 Å². The zero-order valence-electron chi connectivity index (χ0n) is 10.8. The van der Waals surface area contributed by atoms with E-state index in [1.807, 2.05) is 0 Å². The maximum absolute atomic E-state index is 12.3. The molecule has 2 rings (SSSR count). The highest BCUT2D eigenvalue weighted by Gasteiger charge is 2.18. The maximum atomic E-state index is 12.3. The fourth-order valence-corrected chi connectivity index (χ4v) is 2.45. The topological polar surface area (TPSA) is 73.9 Å². The van der Waals surface area contributed by atoms with Crippen LogP contribution in [0.2, 0.25) is 0 Å². The summed E-state index contributed by atoms with van der Waals surface area (Å²) in [6, 6.07) is 7.42. The molecule has 116 valence electrons. The highest BCUT2D eigenvalue weighted by Crippen LogP contribution is 2.25. The van der Waals surface area contributed by atoms with Crippen LogP contribution < -0.4 is 10.5 Å². The number of thiophene rings is 1. The van der Waals surface area contributed by atoms with E-state index in [9.17, 15) is 13.6 Å². The molecule has 0 atom stereocenters. The summed E-state index contributed by atoms with van der Waals surface area (Å²) < 4.78 is 29.4. The third kappa shape index (κ3) is 4.25. The molecule has 0 unspecified atom stereocenters. The Morgan fingerprint density at radius 2 is 2.14 bits per heavy atom. The molecule has 5 nitrogen and oxygen atoms in total. The van der Waals surface area contributed by atoms with Crippen LogP contribution in [0.3, 0.4) is 0 Å². The Hall–Kier alpha value is -2.00. The van der Waals surface area contributed by atoms with Crippen LogP contribution in [0, 0.1) is 0 Å². The van der Waals surface area contributed by atoms with Gasteiger partial charge in [-0.15, -0.1) is 11.3 Å². The molecule has 0 saturated carbocycles. The molecule has 2 aromatic rings. The van der Waals surface area contributed by atoms with Gasteiger partial charge < -0.3 is 15.3 Å². The van der Waals surface area contributed by atoms with E-state index in [-0.39, 0.29) is 17.1 Å². The lowest BCUT2D eigenvalue weighted by molar-refractivity contribution is -0.0504. The minimum Gasteiger partial charge on any atom is -0.434 e. The number of nitrogens with two attached hydrogens (primary N) is 1. The molecule has 1 aromatic carbocycles. The number of oxime groups is 1. The molecule has 0 radical (unpaired) electrons. The predicted molar refractivity (Wildman–Crippen MR) is 81.2 cm³/mol. The van der Waals surface area contributed by atoms with Gasteiger partial charge in [-0.25, -0.2) is 4.79 Å². The van der Waals surface area contributed by atoms with E-state index in [0.29, 0.717) is 9.35 Å². The molecule has 0 saturated heterocycles. The van der Waals surface area contributed by atoms with E-state index in [2.05, 4.69) is 30.7 Å². The first kappa shape index (κ1) is 16.4. The van der Waals surface area contributed by atoms with E-state index in [1.54, 1.807) is 17.5 Å². The normalized spacial score (nSPS) is 11.5. The highest BCUT2D eigenvalue weighted by atomic mass is 79.9. The Morgan fingerprint density at radius 3 is 2.77 bits per heavy atom. The maximum Gasteiger partial charge on any atom is 0.387 e. The third-order valence-corrected chi connectivity index (χ3v) is 3.76. The Kier molecular flexibility index (Phi) is 5.45. The molecule has 0 aliphatic rings. The summed E-state index contributed by atoms with van der Waals surface area (Å²) in [6.45, 7) is -3.06. The molecular weight excluding hydrogens is 382 g/mol. The first-order valence-corrected chi connectivity index (χ1v) is 7.47. The number of hydrogen-bond donors (Lipinski definition) is 1. The molecular formula is C13H9BrF2N2O3S. The summed E-state index contributed by atoms with van der Waals surface area (Å²) in [7, 11) is 0. The molecule has 2 N–H and O–H groups in total. The number of carbonyl (C=O) groups excluding carboxylic acids is 1. The zero-order valence-corrected chi connectivity index (χ0v) is 13.2. The number of benzene rings is 1. The standard InChI is InChI=1S/C13H9BrF2N2O3S/c14-7-3-4-9(20-13(15)16)8(6-7)12(19)21-18-11(17)10-2-1-5-22-10/h1-6,13H,(H2,17,18). The van der Waals surface area contributed by atoms with Crippen molar-refractivity contribution in [3.63, 3.8) is 0 Å². The second kappa shape index (κ2) is 7.32. The van der Waals surface area contributed by atoms with Gasteiger partial charge in [-0.2, -0.15) is 8.78 Å². The summed E-state index contributed by atoms with van der Waals surface area (Å²) in [5.41, 5.74) is 5.44.